The minimum atomic E-state index is 0.188. The van der Waals surface area contributed by atoms with Crippen molar-refractivity contribution in [3.05, 3.63) is 35.9 Å². The molecule has 14 heavy (non-hydrogen) atoms. The Balaban J connectivity index is 2.24. The third-order valence-corrected chi connectivity index (χ3v) is 3.19. The van der Waals surface area contributed by atoms with Gasteiger partial charge in [-0.1, -0.05) is 43.7 Å². The lowest BCUT2D eigenvalue weighted by Gasteiger charge is -2.41. The van der Waals surface area contributed by atoms with E-state index in [0.29, 0.717) is 5.78 Å². The molecule has 1 aromatic carbocycles. The molecule has 0 atom stereocenters. The van der Waals surface area contributed by atoms with Gasteiger partial charge in [-0.3, -0.25) is 4.79 Å². The fraction of sp³-hybridized carbons (Fsp3) is 0.462. The van der Waals surface area contributed by atoms with E-state index in [1.165, 1.54) is 5.56 Å². The minimum absolute atomic E-state index is 0.188. The molecule has 2 rings (SSSR count). The summed E-state index contributed by atoms with van der Waals surface area (Å²) in [7, 11) is 0. The van der Waals surface area contributed by atoms with Crippen molar-refractivity contribution in [3.8, 4) is 0 Å². The van der Waals surface area contributed by atoms with Crippen molar-refractivity contribution in [2.24, 2.45) is 0 Å². The second-order valence-electron chi connectivity index (χ2n) is 4.29. The number of benzene rings is 1. The van der Waals surface area contributed by atoms with Gasteiger partial charge in [0, 0.05) is 18.3 Å². The molecule has 1 fully saturated rings. The number of Topliss-reactive ketones (excluding diaryl/α,β-unsaturated/α-hetero) is 1. The first-order valence-electron chi connectivity index (χ1n) is 5.34. The first-order chi connectivity index (χ1) is 6.77. The normalized spacial score (nSPS) is 19.1. The fourth-order valence-electron chi connectivity index (χ4n) is 2.50. The zero-order valence-electron chi connectivity index (χ0n) is 8.62. The van der Waals surface area contributed by atoms with Gasteiger partial charge in [-0.15, -0.1) is 0 Å². The molecule has 0 aromatic heterocycles. The van der Waals surface area contributed by atoms with Crippen LogP contribution in [0.25, 0.3) is 0 Å². The van der Waals surface area contributed by atoms with E-state index < -0.39 is 0 Å². The number of hydrogen-bond donors (Lipinski definition) is 0. The summed E-state index contributed by atoms with van der Waals surface area (Å²) in [6.07, 6.45) is 3.81. The number of ketones is 1. The van der Waals surface area contributed by atoms with Crippen molar-refractivity contribution in [1.29, 1.82) is 0 Å². The maximum Gasteiger partial charge on any atom is 0.134 e. The number of carbonyl (C=O) groups is 1. The molecule has 0 N–H and O–H groups in total. The van der Waals surface area contributed by atoms with Gasteiger partial charge in [-0.25, -0.2) is 0 Å². The molecule has 1 aliphatic carbocycles. The standard InChI is InChI=1S/C13H16O/c1-2-8-13(9-12(14)10-13)11-6-4-3-5-7-11/h3-7H,2,8-10H2,1H3. The van der Waals surface area contributed by atoms with E-state index >= 15 is 0 Å². The molecular weight excluding hydrogens is 172 g/mol. The van der Waals surface area contributed by atoms with Crippen LogP contribution in [-0.2, 0) is 10.2 Å². The van der Waals surface area contributed by atoms with Crippen molar-refractivity contribution < 1.29 is 4.79 Å². The van der Waals surface area contributed by atoms with Crippen LogP contribution in [0, 0.1) is 0 Å². The Kier molecular flexibility index (Phi) is 2.40. The third kappa shape index (κ3) is 1.47. The largest absolute Gasteiger partial charge is 0.300 e. The molecule has 0 amide bonds. The van der Waals surface area contributed by atoms with E-state index in [1.54, 1.807) is 0 Å². The van der Waals surface area contributed by atoms with Crippen LogP contribution in [-0.4, -0.2) is 5.78 Å². The van der Waals surface area contributed by atoms with Crippen molar-refractivity contribution in [2.75, 3.05) is 0 Å². The average molecular weight is 188 g/mol. The molecule has 1 aromatic rings. The topological polar surface area (TPSA) is 17.1 Å². The van der Waals surface area contributed by atoms with Gasteiger partial charge in [-0.05, 0) is 12.0 Å². The summed E-state index contributed by atoms with van der Waals surface area (Å²) in [6.45, 7) is 2.19. The zero-order valence-corrected chi connectivity index (χ0v) is 8.62. The van der Waals surface area contributed by atoms with Crippen molar-refractivity contribution >= 4 is 5.78 Å². The van der Waals surface area contributed by atoms with Gasteiger partial charge < -0.3 is 0 Å². The lowest BCUT2D eigenvalue weighted by Crippen LogP contribution is -2.41. The van der Waals surface area contributed by atoms with Crippen LogP contribution in [0.4, 0.5) is 0 Å². The Labute approximate surface area is 85.1 Å². The van der Waals surface area contributed by atoms with Crippen molar-refractivity contribution in [2.45, 2.75) is 38.0 Å². The fourth-order valence-corrected chi connectivity index (χ4v) is 2.50. The van der Waals surface area contributed by atoms with E-state index in [2.05, 4.69) is 31.2 Å². The van der Waals surface area contributed by atoms with Crippen molar-refractivity contribution in [3.63, 3.8) is 0 Å². The van der Waals surface area contributed by atoms with E-state index in [4.69, 9.17) is 0 Å². The summed E-state index contributed by atoms with van der Waals surface area (Å²) in [5.74, 6) is 0.419. The molecule has 0 unspecified atom stereocenters. The molecule has 0 aliphatic heterocycles. The van der Waals surface area contributed by atoms with Gasteiger partial charge in [0.05, 0.1) is 0 Å². The third-order valence-electron chi connectivity index (χ3n) is 3.19. The lowest BCUT2D eigenvalue weighted by atomic mass is 9.61. The molecule has 0 radical (unpaired) electrons. The zero-order chi connectivity index (χ0) is 10.0. The Bertz CT molecular complexity index is 318. The number of rotatable bonds is 3. The second kappa shape index (κ2) is 3.56. The van der Waals surface area contributed by atoms with Crippen LogP contribution in [0.2, 0.25) is 0 Å². The Morgan fingerprint density at radius 3 is 2.36 bits per heavy atom. The van der Waals surface area contributed by atoms with E-state index in [0.717, 1.165) is 25.7 Å². The molecule has 1 saturated carbocycles. The Hall–Kier alpha value is -1.11. The predicted octanol–water partition coefficient (Wildman–Crippen LogP) is 3.09. The Morgan fingerprint density at radius 2 is 1.86 bits per heavy atom. The number of hydrogen-bond acceptors (Lipinski definition) is 1. The molecule has 1 aliphatic rings. The van der Waals surface area contributed by atoms with E-state index in [1.807, 2.05) is 6.07 Å². The summed E-state index contributed by atoms with van der Waals surface area (Å²) in [4.78, 5) is 11.2. The molecule has 74 valence electrons. The van der Waals surface area contributed by atoms with Crippen LogP contribution in [0.15, 0.2) is 30.3 Å². The summed E-state index contributed by atoms with van der Waals surface area (Å²) in [6, 6.07) is 10.5. The first kappa shape index (κ1) is 9.45. The maximum absolute atomic E-state index is 11.2. The lowest BCUT2D eigenvalue weighted by molar-refractivity contribution is -0.128. The summed E-state index contributed by atoms with van der Waals surface area (Å²) < 4.78 is 0. The highest BCUT2D eigenvalue weighted by Gasteiger charge is 2.43. The van der Waals surface area contributed by atoms with Gasteiger partial charge in [-0.2, -0.15) is 0 Å². The maximum atomic E-state index is 11.2. The highest BCUT2D eigenvalue weighted by atomic mass is 16.1. The van der Waals surface area contributed by atoms with Gasteiger partial charge in [0.15, 0.2) is 0 Å². The van der Waals surface area contributed by atoms with Gasteiger partial charge in [0.25, 0.3) is 0 Å². The molecular formula is C13H16O. The molecule has 1 nitrogen and oxygen atoms in total. The predicted molar refractivity (Wildman–Crippen MR) is 57.3 cm³/mol. The molecule has 1 heteroatoms. The van der Waals surface area contributed by atoms with E-state index in [-0.39, 0.29) is 5.41 Å². The average Bonchev–Trinajstić information content (AvgIpc) is 2.17. The van der Waals surface area contributed by atoms with Gasteiger partial charge >= 0.3 is 0 Å². The number of carbonyl (C=O) groups excluding carboxylic acids is 1. The SMILES string of the molecule is CCCC1(c2ccccc2)CC(=O)C1. The van der Waals surface area contributed by atoms with Crippen molar-refractivity contribution in [1.82, 2.24) is 0 Å². The monoisotopic (exact) mass is 188 g/mol. The quantitative estimate of drug-likeness (QED) is 0.712. The summed E-state index contributed by atoms with van der Waals surface area (Å²) in [5.41, 5.74) is 1.54. The minimum Gasteiger partial charge on any atom is -0.300 e. The second-order valence-corrected chi connectivity index (χ2v) is 4.29. The van der Waals surface area contributed by atoms with Crippen LogP contribution in [0.1, 0.15) is 38.2 Å². The van der Waals surface area contributed by atoms with Crippen LogP contribution < -0.4 is 0 Å². The first-order valence-corrected chi connectivity index (χ1v) is 5.34. The van der Waals surface area contributed by atoms with Crippen LogP contribution in [0.5, 0.6) is 0 Å². The van der Waals surface area contributed by atoms with Gasteiger partial charge in [0.1, 0.15) is 5.78 Å². The highest BCUT2D eigenvalue weighted by Crippen LogP contribution is 2.44. The summed E-state index contributed by atoms with van der Waals surface area (Å²) in [5, 5.41) is 0. The summed E-state index contributed by atoms with van der Waals surface area (Å²) >= 11 is 0. The van der Waals surface area contributed by atoms with Gasteiger partial charge in [0.2, 0.25) is 0 Å². The highest BCUT2D eigenvalue weighted by molar-refractivity contribution is 5.88. The molecule has 0 spiro atoms. The molecule has 0 bridgehead atoms. The van der Waals surface area contributed by atoms with E-state index in [9.17, 15) is 4.79 Å². The van der Waals surface area contributed by atoms with Crippen LogP contribution in [0.3, 0.4) is 0 Å². The molecule has 0 heterocycles. The smallest absolute Gasteiger partial charge is 0.134 e. The molecule has 0 saturated heterocycles. The van der Waals surface area contributed by atoms with Crippen LogP contribution >= 0.6 is 0 Å². The Morgan fingerprint density at radius 1 is 1.21 bits per heavy atom.